The molecule has 0 aromatic rings. The number of carboxylic acid groups (broad SMARTS) is 1. The summed E-state index contributed by atoms with van der Waals surface area (Å²) in [5, 5.41) is 8.40. The van der Waals surface area contributed by atoms with Crippen molar-refractivity contribution in [1.29, 1.82) is 0 Å². The highest BCUT2D eigenvalue weighted by atomic mass is 32.2. The third-order valence-corrected chi connectivity index (χ3v) is 1.82. The van der Waals surface area contributed by atoms with E-state index in [-0.39, 0.29) is 5.92 Å². The maximum Gasteiger partial charge on any atom is 0.306 e. The van der Waals surface area contributed by atoms with Crippen LogP contribution in [-0.2, 0) is 4.79 Å². The Bertz CT molecular complexity index is 93.1. The fraction of sp³-hybridized carbons (Fsp3) is 0.833. The van der Waals surface area contributed by atoms with Crippen LogP contribution in [0.1, 0.15) is 13.3 Å². The van der Waals surface area contributed by atoms with E-state index in [1.54, 1.807) is 18.7 Å². The lowest BCUT2D eigenvalue weighted by atomic mass is 10.1. The van der Waals surface area contributed by atoms with Gasteiger partial charge in [0.05, 0.1) is 5.92 Å². The first kappa shape index (κ1) is 8.82. The highest BCUT2D eigenvalue weighted by Crippen LogP contribution is 2.05. The molecule has 0 spiro atoms. The molecule has 0 heterocycles. The molecular formula is C6H12O2S. The molecule has 2 nitrogen and oxygen atoms in total. The number of carbonyl (C=O) groups is 1. The first-order chi connectivity index (χ1) is 4.18. The largest absolute Gasteiger partial charge is 0.481 e. The minimum absolute atomic E-state index is 0.183. The smallest absolute Gasteiger partial charge is 0.306 e. The second-order valence-corrected chi connectivity index (χ2v) is 3.01. The third kappa shape index (κ3) is 4.33. The van der Waals surface area contributed by atoms with Crippen LogP contribution in [0.2, 0.25) is 0 Å². The van der Waals surface area contributed by atoms with Crippen molar-refractivity contribution in [3.05, 3.63) is 0 Å². The van der Waals surface area contributed by atoms with Crippen molar-refractivity contribution >= 4 is 17.7 Å². The van der Waals surface area contributed by atoms with Crippen LogP contribution in [0.5, 0.6) is 0 Å². The molecule has 3 heteroatoms. The van der Waals surface area contributed by atoms with E-state index in [2.05, 4.69) is 0 Å². The van der Waals surface area contributed by atoms with E-state index in [9.17, 15) is 4.79 Å². The molecule has 1 atom stereocenters. The molecule has 0 aliphatic heterocycles. The third-order valence-electron chi connectivity index (χ3n) is 1.18. The van der Waals surface area contributed by atoms with Gasteiger partial charge in [0.15, 0.2) is 0 Å². The maximum atomic E-state index is 10.2. The van der Waals surface area contributed by atoms with Crippen molar-refractivity contribution in [2.24, 2.45) is 5.92 Å². The van der Waals surface area contributed by atoms with Gasteiger partial charge in [-0.25, -0.2) is 0 Å². The SMILES string of the molecule is CSCC[C@H](C)C(=O)O. The lowest BCUT2D eigenvalue weighted by molar-refractivity contribution is -0.141. The molecule has 0 rings (SSSR count). The number of aliphatic carboxylic acids is 1. The van der Waals surface area contributed by atoms with Crippen LogP contribution in [0.3, 0.4) is 0 Å². The van der Waals surface area contributed by atoms with Gasteiger partial charge in [0.1, 0.15) is 0 Å². The monoisotopic (exact) mass is 148 g/mol. The van der Waals surface area contributed by atoms with Crippen LogP contribution in [0.4, 0.5) is 0 Å². The van der Waals surface area contributed by atoms with Crippen molar-refractivity contribution in [2.75, 3.05) is 12.0 Å². The highest BCUT2D eigenvalue weighted by Gasteiger charge is 2.08. The molecule has 0 aliphatic rings. The first-order valence-electron chi connectivity index (χ1n) is 2.90. The van der Waals surface area contributed by atoms with E-state index in [1.165, 1.54) is 0 Å². The Balaban J connectivity index is 3.27. The normalized spacial score (nSPS) is 13.1. The fourth-order valence-corrected chi connectivity index (χ4v) is 1.01. The molecule has 0 saturated carbocycles. The van der Waals surface area contributed by atoms with Crippen LogP contribution in [-0.4, -0.2) is 23.1 Å². The highest BCUT2D eigenvalue weighted by molar-refractivity contribution is 7.98. The van der Waals surface area contributed by atoms with Gasteiger partial charge >= 0.3 is 5.97 Å². The van der Waals surface area contributed by atoms with Crippen molar-refractivity contribution in [3.63, 3.8) is 0 Å². The average Bonchev–Trinajstić information content (AvgIpc) is 1.82. The number of hydrogen-bond acceptors (Lipinski definition) is 2. The van der Waals surface area contributed by atoms with Crippen LogP contribution in [0.25, 0.3) is 0 Å². The number of thioether (sulfide) groups is 1. The van der Waals surface area contributed by atoms with Gasteiger partial charge in [-0.2, -0.15) is 11.8 Å². The minimum Gasteiger partial charge on any atom is -0.481 e. The molecule has 0 aromatic carbocycles. The molecule has 0 bridgehead atoms. The van der Waals surface area contributed by atoms with Crippen molar-refractivity contribution in [2.45, 2.75) is 13.3 Å². The Morgan fingerprint density at radius 1 is 1.78 bits per heavy atom. The summed E-state index contributed by atoms with van der Waals surface area (Å²) in [6.45, 7) is 1.73. The predicted octanol–water partition coefficient (Wildman–Crippen LogP) is 1.46. The maximum absolute atomic E-state index is 10.2. The molecule has 0 unspecified atom stereocenters. The van der Waals surface area contributed by atoms with Crippen LogP contribution in [0, 0.1) is 5.92 Å². The fourth-order valence-electron chi connectivity index (χ4n) is 0.418. The van der Waals surface area contributed by atoms with E-state index < -0.39 is 5.97 Å². The van der Waals surface area contributed by atoms with Crippen LogP contribution in [0.15, 0.2) is 0 Å². The minimum atomic E-state index is -0.691. The van der Waals surface area contributed by atoms with Crippen LogP contribution < -0.4 is 0 Å². The van der Waals surface area contributed by atoms with Gasteiger partial charge in [0, 0.05) is 0 Å². The average molecular weight is 148 g/mol. The molecule has 1 N–H and O–H groups in total. The number of carboxylic acids is 1. The van der Waals surface area contributed by atoms with Crippen molar-refractivity contribution in [3.8, 4) is 0 Å². The second kappa shape index (κ2) is 4.68. The van der Waals surface area contributed by atoms with Gasteiger partial charge in [-0.1, -0.05) is 6.92 Å². The first-order valence-corrected chi connectivity index (χ1v) is 4.29. The van der Waals surface area contributed by atoms with Crippen molar-refractivity contribution in [1.82, 2.24) is 0 Å². The van der Waals surface area contributed by atoms with Gasteiger partial charge in [0.2, 0.25) is 0 Å². The zero-order chi connectivity index (χ0) is 7.28. The molecule has 9 heavy (non-hydrogen) atoms. The summed E-state index contributed by atoms with van der Waals surface area (Å²) in [4.78, 5) is 10.2. The summed E-state index contributed by atoms with van der Waals surface area (Å²) < 4.78 is 0. The zero-order valence-electron chi connectivity index (χ0n) is 5.76. The van der Waals surface area contributed by atoms with Gasteiger partial charge in [-0.05, 0) is 18.4 Å². The van der Waals surface area contributed by atoms with Gasteiger partial charge in [-0.3, -0.25) is 4.79 Å². The van der Waals surface area contributed by atoms with E-state index in [0.29, 0.717) is 0 Å². The topological polar surface area (TPSA) is 37.3 Å². The lowest BCUT2D eigenvalue weighted by Crippen LogP contribution is -2.09. The van der Waals surface area contributed by atoms with Crippen LogP contribution >= 0.6 is 11.8 Å². The van der Waals surface area contributed by atoms with E-state index in [4.69, 9.17) is 5.11 Å². The quantitative estimate of drug-likeness (QED) is 0.655. The molecule has 0 aliphatic carbocycles. The van der Waals surface area contributed by atoms with Crippen molar-refractivity contribution < 1.29 is 9.90 Å². The molecule has 0 radical (unpaired) electrons. The summed E-state index contributed by atoms with van der Waals surface area (Å²) >= 11 is 1.68. The van der Waals surface area contributed by atoms with E-state index in [1.807, 2.05) is 6.26 Å². The molecule has 0 fully saturated rings. The summed E-state index contributed by atoms with van der Waals surface area (Å²) in [6.07, 6.45) is 2.76. The summed E-state index contributed by atoms with van der Waals surface area (Å²) in [6, 6.07) is 0. The van der Waals surface area contributed by atoms with E-state index >= 15 is 0 Å². The summed E-state index contributed by atoms with van der Waals surface area (Å²) in [5.41, 5.74) is 0. The zero-order valence-corrected chi connectivity index (χ0v) is 6.57. The summed E-state index contributed by atoms with van der Waals surface area (Å²) in [7, 11) is 0. The standard InChI is InChI=1S/C6H12O2S/c1-5(6(7)8)3-4-9-2/h5H,3-4H2,1-2H3,(H,7,8)/t5-/m0/s1. The molecular weight excluding hydrogens is 136 g/mol. The summed E-state index contributed by atoms with van der Waals surface area (Å²) in [5.74, 6) is 0.0644. The number of rotatable bonds is 4. The van der Waals surface area contributed by atoms with Gasteiger partial charge < -0.3 is 5.11 Å². The molecule has 0 aromatic heterocycles. The van der Waals surface area contributed by atoms with Gasteiger partial charge in [0.25, 0.3) is 0 Å². The Morgan fingerprint density at radius 3 is 2.67 bits per heavy atom. The predicted molar refractivity (Wildman–Crippen MR) is 39.8 cm³/mol. The Morgan fingerprint density at radius 2 is 2.33 bits per heavy atom. The van der Waals surface area contributed by atoms with Gasteiger partial charge in [-0.15, -0.1) is 0 Å². The lowest BCUT2D eigenvalue weighted by Gasteiger charge is -2.01. The molecule has 54 valence electrons. The number of hydrogen-bond donors (Lipinski definition) is 1. The Hall–Kier alpha value is -0.180. The second-order valence-electron chi connectivity index (χ2n) is 2.02. The Labute approximate surface area is 59.6 Å². The molecule has 0 amide bonds. The van der Waals surface area contributed by atoms with E-state index in [0.717, 1.165) is 12.2 Å². The Kier molecular flexibility index (Phi) is 4.58. The molecule has 0 saturated heterocycles.